The average Bonchev–Trinajstić information content (AvgIpc) is 2.74. The van der Waals surface area contributed by atoms with Crippen LogP contribution < -0.4 is 14.1 Å². The zero-order valence-electron chi connectivity index (χ0n) is 16.5. The number of para-hydroxylation sites is 2. The van der Waals surface area contributed by atoms with Gasteiger partial charge in [-0.1, -0.05) is 42.8 Å². The molecule has 0 heterocycles. The molecule has 0 amide bonds. The van der Waals surface area contributed by atoms with Crippen molar-refractivity contribution in [3.8, 4) is 11.5 Å². The van der Waals surface area contributed by atoms with E-state index in [-0.39, 0.29) is 12.3 Å². The first-order valence-corrected chi connectivity index (χ1v) is 11.4. The standard InChI is InChI=1S/C22H26NO5P/c1-2-26-22(24)21(18-12-6-3-7-13-18)23-29(25,27-19-14-8-4-9-15-19)28-20-16-10-5-11-17-20/h4-5,8-11,14-17H,2-3,6-7,12-13H2,1H3,(H,23,25). The van der Waals surface area contributed by atoms with Crippen molar-refractivity contribution >= 4 is 13.7 Å². The maximum Gasteiger partial charge on any atom is 0.541 e. The number of hydrogen-bond donors (Lipinski definition) is 1. The van der Waals surface area contributed by atoms with E-state index in [1.807, 2.05) is 12.1 Å². The van der Waals surface area contributed by atoms with Crippen LogP contribution >= 0.6 is 7.75 Å². The van der Waals surface area contributed by atoms with Crippen LogP contribution in [0.15, 0.2) is 71.9 Å². The monoisotopic (exact) mass is 415 g/mol. The molecule has 0 bridgehead atoms. The molecular weight excluding hydrogens is 389 g/mol. The molecule has 1 fully saturated rings. The molecule has 2 aromatic carbocycles. The number of rotatable bonds is 8. The SMILES string of the molecule is CCOC(=O)C(NP(=O)(Oc1ccccc1)Oc1ccccc1)=C1CCCCC1. The lowest BCUT2D eigenvalue weighted by molar-refractivity contribution is -0.138. The predicted molar refractivity (Wildman–Crippen MR) is 112 cm³/mol. The number of hydrogen-bond acceptors (Lipinski definition) is 5. The molecule has 1 aliphatic carbocycles. The van der Waals surface area contributed by atoms with Crippen LogP contribution in [0.1, 0.15) is 39.0 Å². The first kappa shape index (κ1) is 21.0. The smallest absolute Gasteiger partial charge is 0.461 e. The van der Waals surface area contributed by atoms with Gasteiger partial charge in [-0.2, -0.15) is 0 Å². The Morgan fingerprint density at radius 1 is 0.897 bits per heavy atom. The van der Waals surface area contributed by atoms with Crippen LogP contribution in [0.3, 0.4) is 0 Å². The number of carbonyl (C=O) groups excluding carboxylic acids is 1. The van der Waals surface area contributed by atoms with Crippen molar-refractivity contribution < 1.29 is 23.1 Å². The fourth-order valence-electron chi connectivity index (χ4n) is 3.14. The van der Waals surface area contributed by atoms with Crippen LogP contribution in [0.2, 0.25) is 0 Å². The molecule has 0 radical (unpaired) electrons. The van der Waals surface area contributed by atoms with E-state index in [1.165, 1.54) is 0 Å². The summed E-state index contributed by atoms with van der Waals surface area (Å²) >= 11 is 0. The number of ether oxygens (including phenoxy) is 1. The zero-order valence-corrected chi connectivity index (χ0v) is 17.4. The van der Waals surface area contributed by atoms with Gasteiger partial charge in [0.25, 0.3) is 0 Å². The molecule has 1 aliphatic rings. The van der Waals surface area contributed by atoms with Gasteiger partial charge in [0.2, 0.25) is 0 Å². The Kier molecular flexibility index (Phi) is 7.36. The summed E-state index contributed by atoms with van der Waals surface area (Å²) in [5.41, 5.74) is 1.07. The van der Waals surface area contributed by atoms with Gasteiger partial charge >= 0.3 is 13.7 Å². The molecule has 0 saturated heterocycles. The van der Waals surface area contributed by atoms with Crippen molar-refractivity contribution in [3.05, 3.63) is 71.9 Å². The van der Waals surface area contributed by atoms with Crippen LogP contribution in [0.4, 0.5) is 0 Å². The minimum atomic E-state index is -3.97. The van der Waals surface area contributed by atoms with Crippen LogP contribution in [0, 0.1) is 0 Å². The molecule has 1 saturated carbocycles. The summed E-state index contributed by atoms with van der Waals surface area (Å²) in [7, 11) is -3.97. The largest absolute Gasteiger partial charge is 0.541 e. The second kappa shape index (κ2) is 10.2. The zero-order chi connectivity index (χ0) is 20.5. The Balaban J connectivity index is 1.94. The van der Waals surface area contributed by atoms with Crippen LogP contribution in [-0.2, 0) is 14.1 Å². The molecule has 0 unspecified atom stereocenters. The molecule has 154 valence electrons. The Hall–Kier alpha value is -2.72. The van der Waals surface area contributed by atoms with E-state index in [9.17, 15) is 9.36 Å². The number of benzene rings is 2. The fraction of sp³-hybridized carbons (Fsp3) is 0.318. The Labute approximate surface area is 171 Å². The molecule has 0 aromatic heterocycles. The summed E-state index contributed by atoms with van der Waals surface area (Å²) in [6, 6.07) is 17.5. The van der Waals surface area contributed by atoms with Gasteiger partial charge in [0, 0.05) is 0 Å². The van der Waals surface area contributed by atoms with E-state index in [1.54, 1.807) is 55.5 Å². The maximum absolute atomic E-state index is 13.7. The topological polar surface area (TPSA) is 73.9 Å². The van der Waals surface area contributed by atoms with Gasteiger partial charge in [0.15, 0.2) is 0 Å². The molecule has 0 atom stereocenters. The van der Waals surface area contributed by atoms with Crippen LogP contribution in [0.25, 0.3) is 0 Å². The van der Waals surface area contributed by atoms with Crippen molar-refractivity contribution in [2.75, 3.05) is 6.61 Å². The summed E-state index contributed by atoms with van der Waals surface area (Å²) in [5, 5.41) is 2.80. The van der Waals surface area contributed by atoms with E-state index in [0.29, 0.717) is 11.5 Å². The maximum atomic E-state index is 13.7. The van der Waals surface area contributed by atoms with E-state index >= 15 is 0 Å². The molecule has 29 heavy (non-hydrogen) atoms. The van der Waals surface area contributed by atoms with Crippen molar-refractivity contribution in [2.45, 2.75) is 39.0 Å². The Morgan fingerprint density at radius 3 is 1.90 bits per heavy atom. The lowest BCUT2D eigenvalue weighted by Gasteiger charge is -2.24. The van der Waals surface area contributed by atoms with Crippen LogP contribution in [-0.4, -0.2) is 12.6 Å². The molecule has 2 aromatic rings. The first-order chi connectivity index (χ1) is 14.1. The summed E-state index contributed by atoms with van der Waals surface area (Å²) < 4.78 is 30.4. The average molecular weight is 415 g/mol. The van der Waals surface area contributed by atoms with Gasteiger partial charge in [-0.25, -0.2) is 9.36 Å². The second-order valence-electron chi connectivity index (χ2n) is 6.68. The summed E-state index contributed by atoms with van der Waals surface area (Å²) in [5.74, 6) is 0.199. The number of allylic oxidation sites excluding steroid dienone is 1. The third-order valence-electron chi connectivity index (χ3n) is 4.48. The summed E-state index contributed by atoms with van der Waals surface area (Å²) in [6.45, 7) is 1.96. The van der Waals surface area contributed by atoms with E-state index < -0.39 is 13.7 Å². The molecule has 1 N–H and O–H groups in total. The molecule has 0 aliphatic heterocycles. The van der Waals surface area contributed by atoms with E-state index in [4.69, 9.17) is 13.8 Å². The van der Waals surface area contributed by atoms with Gasteiger partial charge < -0.3 is 13.8 Å². The van der Waals surface area contributed by atoms with Gasteiger partial charge in [0.05, 0.1) is 6.61 Å². The van der Waals surface area contributed by atoms with Gasteiger partial charge in [0.1, 0.15) is 17.2 Å². The highest BCUT2D eigenvalue weighted by Gasteiger charge is 2.34. The normalized spacial score (nSPS) is 14.0. The fourth-order valence-corrected chi connectivity index (χ4v) is 4.59. The Bertz CT molecular complexity index is 829. The highest BCUT2D eigenvalue weighted by atomic mass is 31.2. The second-order valence-corrected chi connectivity index (χ2v) is 8.26. The quantitative estimate of drug-likeness (QED) is 0.343. The van der Waals surface area contributed by atoms with Gasteiger partial charge in [-0.15, -0.1) is 0 Å². The number of esters is 1. The number of carbonyl (C=O) groups is 1. The first-order valence-electron chi connectivity index (χ1n) is 9.86. The van der Waals surface area contributed by atoms with E-state index in [0.717, 1.165) is 37.7 Å². The molecular formula is C22H26NO5P. The molecule has 7 heteroatoms. The minimum absolute atomic E-state index is 0.182. The number of nitrogens with one attached hydrogen (secondary N) is 1. The van der Waals surface area contributed by atoms with Gasteiger partial charge in [-0.3, -0.25) is 5.09 Å². The third kappa shape index (κ3) is 6.13. The van der Waals surface area contributed by atoms with Crippen LogP contribution in [0.5, 0.6) is 11.5 Å². The van der Waals surface area contributed by atoms with Crippen molar-refractivity contribution in [2.24, 2.45) is 0 Å². The van der Waals surface area contributed by atoms with E-state index in [2.05, 4.69) is 5.09 Å². The van der Waals surface area contributed by atoms with Crippen molar-refractivity contribution in [3.63, 3.8) is 0 Å². The molecule has 6 nitrogen and oxygen atoms in total. The van der Waals surface area contributed by atoms with Gasteiger partial charge in [-0.05, 0) is 62.4 Å². The lowest BCUT2D eigenvalue weighted by atomic mass is 9.93. The summed E-state index contributed by atoms with van der Waals surface area (Å²) in [4.78, 5) is 12.7. The predicted octanol–water partition coefficient (Wildman–Crippen LogP) is 5.62. The highest BCUT2D eigenvalue weighted by molar-refractivity contribution is 7.52. The molecule has 0 spiro atoms. The summed E-state index contributed by atoms with van der Waals surface area (Å²) in [6.07, 6.45) is 4.56. The minimum Gasteiger partial charge on any atom is -0.461 e. The lowest BCUT2D eigenvalue weighted by Crippen LogP contribution is -2.27. The third-order valence-corrected chi connectivity index (χ3v) is 5.88. The molecule has 3 rings (SSSR count). The van der Waals surface area contributed by atoms with Crippen molar-refractivity contribution in [1.82, 2.24) is 5.09 Å². The Morgan fingerprint density at radius 2 is 1.41 bits per heavy atom. The highest BCUT2D eigenvalue weighted by Crippen LogP contribution is 2.46. The van der Waals surface area contributed by atoms with Crippen molar-refractivity contribution in [1.29, 1.82) is 0 Å².